The van der Waals surface area contributed by atoms with E-state index < -0.39 is 7.38 Å². The molecule has 2 rings (SSSR count). The Bertz CT molecular complexity index is 570. The minimum atomic E-state index is -2.20. The van der Waals surface area contributed by atoms with Gasteiger partial charge in [-0.15, -0.1) is 0 Å². The molecule has 0 aromatic heterocycles. The maximum absolute atomic E-state index is 7.32. The Labute approximate surface area is 134 Å². The molecule has 0 spiro atoms. The minimum absolute atomic E-state index is 0.457. The predicted molar refractivity (Wildman–Crippen MR) is 97.6 cm³/mol. The number of hydrogen-bond acceptors (Lipinski definition) is 0. The Hall–Kier alpha value is -1.05. The Balaban J connectivity index is 2.63. The van der Waals surface area contributed by atoms with Crippen molar-refractivity contribution in [2.75, 3.05) is 0 Å². The van der Waals surface area contributed by atoms with Crippen LogP contribution in [0.15, 0.2) is 48.5 Å². The highest BCUT2D eigenvalue weighted by molar-refractivity contribution is 7.34. The van der Waals surface area contributed by atoms with Crippen LogP contribution in [0.2, 0.25) is 5.54 Å². The van der Waals surface area contributed by atoms with Crippen molar-refractivity contribution in [2.24, 2.45) is 0 Å². The first-order valence-electron chi connectivity index (χ1n) is 7.90. The summed E-state index contributed by atoms with van der Waals surface area (Å²) in [4.78, 5) is 0. The van der Waals surface area contributed by atoms with Gasteiger partial charge in [-0.05, 0) is 39.9 Å². The summed E-state index contributed by atoms with van der Waals surface area (Å²) in [6.07, 6.45) is 2.13. The molecule has 0 aliphatic carbocycles. The van der Waals surface area contributed by atoms with Crippen LogP contribution in [-0.4, -0.2) is 7.38 Å². The molecule has 2 heteroatoms. The summed E-state index contributed by atoms with van der Waals surface area (Å²) in [6.45, 7) is 8.95. The second-order valence-corrected chi connectivity index (χ2v) is 11.5. The smallest absolute Gasteiger partial charge is 0.155 e. The number of benzene rings is 2. The molecule has 1 atom stereocenters. The molecule has 0 aliphatic rings. The van der Waals surface area contributed by atoms with E-state index in [-0.39, 0.29) is 0 Å². The van der Waals surface area contributed by atoms with Gasteiger partial charge in [-0.2, -0.15) is 11.1 Å². The van der Waals surface area contributed by atoms with Gasteiger partial charge in [0.05, 0.1) is 0 Å². The average molecular weight is 317 g/mol. The number of rotatable bonds is 5. The summed E-state index contributed by atoms with van der Waals surface area (Å²) in [5.41, 5.74) is 3.26. The van der Waals surface area contributed by atoms with Crippen LogP contribution in [0.5, 0.6) is 0 Å². The number of aryl methyl sites for hydroxylation is 2. The summed E-state index contributed by atoms with van der Waals surface area (Å²) in [5, 5.41) is 2.68. The molecule has 0 fully saturated rings. The fraction of sp³-hybridized carbons (Fsp3) is 0.368. The average Bonchev–Trinajstić information content (AvgIpc) is 2.54. The molecule has 0 amide bonds. The second-order valence-electron chi connectivity index (χ2n) is 5.98. The number of halogens is 1. The van der Waals surface area contributed by atoms with E-state index in [0.717, 1.165) is 12.8 Å². The normalized spacial score (nSPS) is 14.2. The largest absolute Gasteiger partial charge is 0.219 e. The molecule has 112 valence electrons. The van der Waals surface area contributed by atoms with Crippen molar-refractivity contribution in [1.82, 2.24) is 0 Å². The molecular weight excluding hydrogens is 292 g/mol. The highest BCUT2D eigenvalue weighted by Gasteiger charge is 2.39. The van der Waals surface area contributed by atoms with Crippen LogP contribution >= 0.6 is 11.1 Å². The highest BCUT2D eigenvalue weighted by Crippen LogP contribution is 2.26. The number of hydrogen-bond donors (Lipinski definition) is 0. The molecule has 0 bridgehead atoms. The van der Waals surface area contributed by atoms with E-state index in [1.165, 1.54) is 21.5 Å². The van der Waals surface area contributed by atoms with Crippen molar-refractivity contribution in [3.63, 3.8) is 0 Å². The SMILES string of the molecule is CCc1cc(CC)cc([Si](Cl)(c2ccccc2)C(C)C)c1. The van der Waals surface area contributed by atoms with Crippen LogP contribution in [-0.2, 0) is 12.8 Å². The summed E-state index contributed by atoms with van der Waals surface area (Å²) < 4.78 is 0. The first-order chi connectivity index (χ1) is 10.0. The van der Waals surface area contributed by atoms with Gasteiger partial charge in [-0.1, -0.05) is 76.2 Å². The zero-order chi connectivity index (χ0) is 15.5. The van der Waals surface area contributed by atoms with Gasteiger partial charge in [0.15, 0.2) is 0 Å². The van der Waals surface area contributed by atoms with Crippen molar-refractivity contribution in [2.45, 2.75) is 46.1 Å². The third-order valence-corrected chi connectivity index (χ3v) is 10.8. The highest BCUT2D eigenvalue weighted by atomic mass is 35.6. The van der Waals surface area contributed by atoms with E-state index in [1.54, 1.807) is 0 Å². The van der Waals surface area contributed by atoms with Crippen molar-refractivity contribution in [3.05, 3.63) is 59.7 Å². The maximum atomic E-state index is 7.32. The first kappa shape index (κ1) is 16.3. The van der Waals surface area contributed by atoms with Gasteiger partial charge in [0.2, 0.25) is 7.38 Å². The van der Waals surface area contributed by atoms with Crippen LogP contribution in [0.25, 0.3) is 0 Å². The standard InChI is InChI=1S/C19H25ClSi/c1-5-16-12-17(6-2)14-19(13-16)21(20,15(3)4)18-10-8-7-9-11-18/h7-15H,5-6H2,1-4H3. The molecule has 0 aliphatic heterocycles. The lowest BCUT2D eigenvalue weighted by Crippen LogP contribution is -2.56. The van der Waals surface area contributed by atoms with Gasteiger partial charge in [0, 0.05) is 0 Å². The van der Waals surface area contributed by atoms with Crippen molar-refractivity contribution >= 4 is 28.8 Å². The molecule has 2 aromatic rings. The zero-order valence-corrected chi connectivity index (χ0v) is 15.2. The van der Waals surface area contributed by atoms with Crippen molar-refractivity contribution in [1.29, 1.82) is 0 Å². The predicted octanol–water partition coefficient (Wildman–Crippen LogP) is 4.52. The molecule has 0 radical (unpaired) electrons. The van der Waals surface area contributed by atoms with Gasteiger partial charge in [0.1, 0.15) is 0 Å². The third-order valence-electron chi connectivity index (χ3n) is 4.28. The monoisotopic (exact) mass is 316 g/mol. The van der Waals surface area contributed by atoms with E-state index >= 15 is 0 Å². The Kier molecular flexibility index (Phi) is 5.29. The van der Waals surface area contributed by atoms with E-state index in [0.29, 0.717) is 5.54 Å². The van der Waals surface area contributed by atoms with Gasteiger partial charge >= 0.3 is 0 Å². The molecule has 0 N–H and O–H groups in total. The summed E-state index contributed by atoms with van der Waals surface area (Å²) in [5.74, 6) is 0. The first-order valence-corrected chi connectivity index (χ1v) is 11.0. The van der Waals surface area contributed by atoms with Crippen molar-refractivity contribution < 1.29 is 0 Å². The summed E-state index contributed by atoms with van der Waals surface area (Å²) in [6, 6.07) is 17.7. The molecular formula is C19H25ClSi. The molecule has 2 aromatic carbocycles. The lowest BCUT2D eigenvalue weighted by Gasteiger charge is -2.30. The zero-order valence-electron chi connectivity index (χ0n) is 13.5. The summed E-state index contributed by atoms with van der Waals surface area (Å²) in [7, 11) is -2.20. The van der Waals surface area contributed by atoms with E-state index in [2.05, 4.69) is 76.2 Å². The summed E-state index contributed by atoms with van der Waals surface area (Å²) >= 11 is 7.32. The molecule has 1 unspecified atom stereocenters. The fourth-order valence-electron chi connectivity index (χ4n) is 2.89. The Morgan fingerprint density at radius 2 is 1.38 bits per heavy atom. The lowest BCUT2D eigenvalue weighted by molar-refractivity contribution is 1.04. The lowest BCUT2D eigenvalue weighted by atomic mass is 10.1. The van der Waals surface area contributed by atoms with Crippen LogP contribution < -0.4 is 10.4 Å². The van der Waals surface area contributed by atoms with Crippen LogP contribution in [0.4, 0.5) is 0 Å². The van der Waals surface area contributed by atoms with E-state index in [9.17, 15) is 0 Å². The third kappa shape index (κ3) is 3.25. The molecule has 0 saturated carbocycles. The molecule has 0 saturated heterocycles. The molecule has 0 nitrogen and oxygen atoms in total. The van der Waals surface area contributed by atoms with E-state index in [4.69, 9.17) is 11.1 Å². The van der Waals surface area contributed by atoms with Gasteiger partial charge in [0.25, 0.3) is 0 Å². The Morgan fingerprint density at radius 3 is 1.81 bits per heavy atom. The van der Waals surface area contributed by atoms with E-state index in [1.807, 2.05) is 0 Å². The molecule has 0 heterocycles. The second kappa shape index (κ2) is 6.80. The van der Waals surface area contributed by atoms with Crippen LogP contribution in [0, 0.1) is 0 Å². The topological polar surface area (TPSA) is 0 Å². The van der Waals surface area contributed by atoms with Crippen LogP contribution in [0.1, 0.15) is 38.8 Å². The quantitative estimate of drug-likeness (QED) is 0.562. The molecule has 21 heavy (non-hydrogen) atoms. The Morgan fingerprint density at radius 1 is 0.857 bits per heavy atom. The minimum Gasteiger partial charge on any atom is -0.155 e. The van der Waals surface area contributed by atoms with Gasteiger partial charge < -0.3 is 0 Å². The van der Waals surface area contributed by atoms with Gasteiger partial charge in [-0.3, -0.25) is 0 Å². The van der Waals surface area contributed by atoms with Gasteiger partial charge in [-0.25, -0.2) is 0 Å². The fourth-order valence-corrected chi connectivity index (χ4v) is 6.74. The van der Waals surface area contributed by atoms with Crippen LogP contribution in [0.3, 0.4) is 0 Å². The van der Waals surface area contributed by atoms with Crippen molar-refractivity contribution in [3.8, 4) is 0 Å². The maximum Gasteiger partial charge on any atom is 0.219 e.